The van der Waals surface area contributed by atoms with Crippen molar-refractivity contribution in [1.29, 1.82) is 0 Å². The number of phenols is 2. The zero-order valence-electron chi connectivity index (χ0n) is 23.1. The number of aromatic hydroxyl groups is 2. The maximum absolute atomic E-state index is 11.2. The molecule has 4 aromatic rings. The zero-order valence-corrected chi connectivity index (χ0v) is 23.1. The molecular weight excluding hydrogens is 452 g/mol. The summed E-state index contributed by atoms with van der Waals surface area (Å²) >= 11 is 0. The van der Waals surface area contributed by atoms with Crippen molar-refractivity contribution in [2.75, 3.05) is 0 Å². The molecule has 0 aliphatic carbocycles. The van der Waals surface area contributed by atoms with Crippen molar-refractivity contribution in [2.45, 2.75) is 71.6 Å². The van der Waals surface area contributed by atoms with E-state index < -0.39 is 0 Å². The number of hydrogen-bond donors (Lipinski definition) is 2. The summed E-state index contributed by atoms with van der Waals surface area (Å²) in [5.41, 5.74) is 8.17. The zero-order chi connectivity index (χ0) is 26.8. The Kier molecular flexibility index (Phi) is 7.50. The van der Waals surface area contributed by atoms with Crippen LogP contribution in [0.15, 0.2) is 84.9 Å². The SMILES string of the molecule is CC(C)(C)c1cc(Cc2cc(Cc3ccccc3)c(O)c(C(C)(C)C)c2)cc(Cc2ccccc2)c1O. The predicted octanol–water partition coefficient (Wildman–Crippen LogP) is 8.47. The quantitative estimate of drug-likeness (QED) is 0.283. The Labute approximate surface area is 222 Å². The van der Waals surface area contributed by atoms with E-state index in [2.05, 4.69) is 90.1 Å². The number of hydrogen-bond acceptors (Lipinski definition) is 2. The molecule has 0 radical (unpaired) electrons. The predicted molar refractivity (Wildman–Crippen MR) is 155 cm³/mol. The van der Waals surface area contributed by atoms with Gasteiger partial charge >= 0.3 is 0 Å². The number of benzene rings is 4. The van der Waals surface area contributed by atoms with Crippen LogP contribution in [0.25, 0.3) is 0 Å². The molecular formula is C35H40O2. The highest BCUT2D eigenvalue weighted by molar-refractivity contribution is 5.52. The average molecular weight is 493 g/mol. The molecule has 0 bridgehead atoms. The van der Waals surface area contributed by atoms with Gasteiger partial charge in [-0.1, -0.05) is 126 Å². The molecule has 192 valence electrons. The molecule has 0 aromatic heterocycles. The third kappa shape index (κ3) is 6.43. The summed E-state index contributed by atoms with van der Waals surface area (Å²) in [6.45, 7) is 12.9. The van der Waals surface area contributed by atoms with E-state index in [1.807, 2.05) is 36.4 Å². The molecule has 0 aliphatic rings. The van der Waals surface area contributed by atoms with Crippen molar-refractivity contribution in [3.8, 4) is 11.5 Å². The standard InChI is InChI=1S/C35H40O2/c1-34(2,3)30-22-26(20-28(32(30)36)18-24-13-9-7-10-14-24)17-27-21-29(19-25-15-11-8-12-16-25)33(37)31(23-27)35(4,5)6/h7-16,20-23,36-37H,17-19H2,1-6H3. The molecule has 0 atom stereocenters. The molecule has 0 aliphatic heterocycles. The Morgan fingerprint density at radius 1 is 0.459 bits per heavy atom. The summed E-state index contributed by atoms with van der Waals surface area (Å²) in [5, 5.41) is 22.5. The first-order valence-corrected chi connectivity index (χ1v) is 13.2. The molecule has 0 fully saturated rings. The van der Waals surface area contributed by atoms with Crippen LogP contribution < -0.4 is 0 Å². The minimum absolute atomic E-state index is 0.185. The van der Waals surface area contributed by atoms with Crippen LogP contribution in [-0.4, -0.2) is 10.2 Å². The van der Waals surface area contributed by atoms with E-state index in [9.17, 15) is 10.2 Å². The smallest absolute Gasteiger partial charge is 0.122 e. The fraction of sp³-hybridized carbons (Fsp3) is 0.314. The number of phenolic OH excluding ortho intramolecular Hbond substituents is 2. The highest BCUT2D eigenvalue weighted by atomic mass is 16.3. The van der Waals surface area contributed by atoms with Gasteiger partial charge in [0, 0.05) is 12.8 Å². The van der Waals surface area contributed by atoms with Crippen molar-refractivity contribution in [1.82, 2.24) is 0 Å². The van der Waals surface area contributed by atoms with Gasteiger partial charge in [0.2, 0.25) is 0 Å². The van der Waals surface area contributed by atoms with Crippen LogP contribution in [0.1, 0.15) is 86.1 Å². The van der Waals surface area contributed by atoms with Crippen molar-refractivity contribution in [3.63, 3.8) is 0 Å². The van der Waals surface area contributed by atoms with Crippen LogP contribution in [0.2, 0.25) is 0 Å². The van der Waals surface area contributed by atoms with E-state index in [1.165, 1.54) is 22.3 Å². The Morgan fingerprint density at radius 2 is 0.811 bits per heavy atom. The summed E-state index contributed by atoms with van der Waals surface area (Å²) in [6, 6.07) is 29.2. The Bertz CT molecular complexity index is 1250. The molecule has 0 spiro atoms. The fourth-order valence-corrected chi connectivity index (χ4v) is 5.01. The second kappa shape index (κ2) is 10.5. The van der Waals surface area contributed by atoms with Gasteiger partial charge in [0.15, 0.2) is 0 Å². The van der Waals surface area contributed by atoms with Crippen LogP contribution in [-0.2, 0) is 30.1 Å². The molecule has 2 N–H and O–H groups in total. The van der Waals surface area contributed by atoms with E-state index in [0.717, 1.165) is 28.7 Å². The number of rotatable bonds is 6. The molecule has 2 nitrogen and oxygen atoms in total. The van der Waals surface area contributed by atoms with Gasteiger partial charge in [-0.05, 0) is 61.8 Å². The van der Waals surface area contributed by atoms with Gasteiger partial charge in [-0.25, -0.2) is 0 Å². The highest BCUT2D eigenvalue weighted by Crippen LogP contribution is 2.38. The Morgan fingerprint density at radius 3 is 1.14 bits per heavy atom. The molecule has 4 aromatic carbocycles. The van der Waals surface area contributed by atoms with Gasteiger partial charge in [-0.3, -0.25) is 0 Å². The van der Waals surface area contributed by atoms with E-state index in [0.29, 0.717) is 24.3 Å². The monoisotopic (exact) mass is 492 g/mol. The molecule has 0 saturated carbocycles. The summed E-state index contributed by atoms with van der Waals surface area (Å²) in [6.07, 6.45) is 2.10. The van der Waals surface area contributed by atoms with E-state index in [-0.39, 0.29) is 10.8 Å². The maximum Gasteiger partial charge on any atom is 0.122 e. The van der Waals surface area contributed by atoms with Gasteiger partial charge in [-0.2, -0.15) is 0 Å². The lowest BCUT2D eigenvalue weighted by Gasteiger charge is -2.25. The van der Waals surface area contributed by atoms with E-state index in [4.69, 9.17) is 0 Å². The topological polar surface area (TPSA) is 40.5 Å². The normalized spacial score (nSPS) is 12.1. The van der Waals surface area contributed by atoms with Crippen LogP contribution >= 0.6 is 0 Å². The fourth-order valence-electron chi connectivity index (χ4n) is 5.01. The first-order chi connectivity index (χ1) is 17.4. The second-order valence-electron chi connectivity index (χ2n) is 12.3. The minimum Gasteiger partial charge on any atom is -0.507 e. The van der Waals surface area contributed by atoms with Gasteiger partial charge in [0.25, 0.3) is 0 Å². The lowest BCUT2D eigenvalue weighted by molar-refractivity contribution is 0.441. The van der Waals surface area contributed by atoms with Crippen molar-refractivity contribution in [3.05, 3.63) is 129 Å². The summed E-state index contributed by atoms with van der Waals surface area (Å²) in [7, 11) is 0. The van der Waals surface area contributed by atoms with Crippen LogP contribution in [0, 0.1) is 0 Å². The van der Waals surface area contributed by atoms with Gasteiger partial charge in [0.1, 0.15) is 11.5 Å². The lowest BCUT2D eigenvalue weighted by Crippen LogP contribution is -2.14. The second-order valence-corrected chi connectivity index (χ2v) is 12.3. The van der Waals surface area contributed by atoms with Crippen LogP contribution in [0.5, 0.6) is 11.5 Å². The van der Waals surface area contributed by atoms with Gasteiger partial charge in [-0.15, -0.1) is 0 Å². The molecule has 0 heterocycles. The van der Waals surface area contributed by atoms with Gasteiger partial charge in [0.05, 0.1) is 0 Å². The minimum atomic E-state index is -0.185. The highest BCUT2D eigenvalue weighted by Gasteiger charge is 2.24. The van der Waals surface area contributed by atoms with Crippen molar-refractivity contribution in [2.24, 2.45) is 0 Å². The molecule has 2 heteroatoms. The summed E-state index contributed by atoms with van der Waals surface area (Å²) in [4.78, 5) is 0. The first-order valence-electron chi connectivity index (χ1n) is 13.2. The van der Waals surface area contributed by atoms with E-state index >= 15 is 0 Å². The summed E-state index contributed by atoms with van der Waals surface area (Å²) < 4.78 is 0. The first kappa shape index (κ1) is 26.5. The van der Waals surface area contributed by atoms with Gasteiger partial charge < -0.3 is 10.2 Å². The molecule has 4 rings (SSSR count). The molecule has 0 unspecified atom stereocenters. The molecule has 37 heavy (non-hydrogen) atoms. The Hall–Kier alpha value is -3.52. The van der Waals surface area contributed by atoms with Crippen molar-refractivity contribution < 1.29 is 10.2 Å². The molecule has 0 amide bonds. The Balaban J connectivity index is 1.78. The third-order valence-corrected chi connectivity index (χ3v) is 7.00. The van der Waals surface area contributed by atoms with E-state index in [1.54, 1.807) is 0 Å². The van der Waals surface area contributed by atoms with Crippen LogP contribution in [0.3, 0.4) is 0 Å². The molecule has 0 saturated heterocycles. The van der Waals surface area contributed by atoms with Crippen LogP contribution in [0.4, 0.5) is 0 Å². The third-order valence-electron chi connectivity index (χ3n) is 7.00. The van der Waals surface area contributed by atoms with Crippen molar-refractivity contribution >= 4 is 0 Å². The maximum atomic E-state index is 11.2. The largest absolute Gasteiger partial charge is 0.507 e. The average Bonchev–Trinajstić information content (AvgIpc) is 2.83. The lowest BCUT2D eigenvalue weighted by atomic mass is 9.81. The summed E-state index contributed by atoms with van der Waals surface area (Å²) in [5.74, 6) is 0.789.